The molecule has 1 aromatic carbocycles. The molecule has 1 aliphatic rings. The number of ether oxygens (including phenoxy) is 1. The number of carbonyl (C=O) groups excluding carboxylic acids is 1. The normalized spacial score (nSPS) is 15.1. The highest BCUT2D eigenvalue weighted by Gasteiger charge is 2.27. The van der Waals surface area contributed by atoms with Gasteiger partial charge in [0.1, 0.15) is 16.9 Å². The number of aromatic nitrogens is 3. The molecule has 0 saturated heterocycles. The van der Waals surface area contributed by atoms with Crippen LogP contribution in [0.15, 0.2) is 60.0 Å². The zero-order valence-corrected chi connectivity index (χ0v) is 15.6. The van der Waals surface area contributed by atoms with E-state index in [1.165, 1.54) is 11.8 Å². The van der Waals surface area contributed by atoms with Gasteiger partial charge in [0.05, 0.1) is 17.7 Å². The van der Waals surface area contributed by atoms with E-state index in [2.05, 4.69) is 20.3 Å². The summed E-state index contributed by atoms with van der Waals surface area (Å²) >= 11 is 1.45. The molecular formula is C20H18N4O2S. The average molecular weight is 378 g/mol. The second-order valence-electron chi connectivity index (χ2n) is 6.08. The van der Waals surface area contributed by atoms with Gasteiger partial charge in [-0.1, -0.05) is 12.1 Å². The fourth-order valence-corrected chi connectivity index (χ4v) is 3.64. The maximum Gasteiger partial charge on any atom is 0.254 e. The van der Waals surface area contributed by atoms with Crippen LogP contribution in [0.4, 0.5) is 0 Å². The minimum Gasteiger partial charge on any atom is -0.487 e. The lowest BCUT2D eigenvalue weighted by Gasteiger charge is -2.14. The third kappa shape index (κ3) is 3.64. The zero-order chi connectivity index (χ0) is 18.6. The lowest BCUT2D eigenvalue weighted by Crippen LogP contribution is -2.34. The molecule has 0 fully saturated rings. The molecule has 27 heavy (non-hydrogen) atoms. The summed E-state index contributed by atoms with van der Waals surface area (Å²) in [5.41, 5.74) is 2.56. The van der Waals surface area contributed by atoms with E-state index in [4.69, 9.17) is 4.74 Å². The quantitative estimate of drug-likeness (QED) is 0.688. The van der Waals surface area contributed by atoms with Crippen molar-refractivity contribution in [2.24, 2.45) is 0 Å². The van der Waals surface area contributed by atoms with Gasteiger partial charge in [-0.3, -0.25) is 4.79 Å². The van der Waals surface area contributed by atoms with Crippen molar-refractivity contribution in [1.29, 1.82) is 0 Å². The molecule has 1 unspecified atom stereocenters. The third-order valence-electron chi connectivity index (χ3n) is 4.33. The van der Waals surface area contributed by atoms with Gasteiger partial charge in [0.2, 0.25) is 0 Å². The van der Waals surface area contributed by atoms with Crippen LogP contribution in [0.1, 0.15) is 15.9 Å². The molecule has 2 aromatic heterocycles. The maximum absolute atomic E-state index is 12.5. The van der Waals surface area contributed by atoms with Crippen molar-refractivity contribution in [2.75, 3.05) is 12.8 Å². The second-order valence-corrected chi connectivity index (χ2v) is 6.88. The molecule has 0 aliphatic carbocycles. The van der Waals surface area contributed by atoms with Crippen LogP contribution in [0.25, 0.3) is 11.4 Å². The molecule has 0 saturated carbocycles. The van der Waals surface area contributed by atoms with Crippen molar-refractivity contribution in [3.8, 4) is 17.1 Å². The van der Waals surface area contributed by atoms with E-state index in [1.54, 1.807) is 36.8 Å². The molecule has 6 nitrogen and oxygen atoms in total. The molecule has 4 rings (SSSR count). The average Bonchev–Trinajstić information content (AvgIpc) is 3.15. The molecule has 1 aliphatic heterocycles. The number of fused-ring (bicyclic) bond motifs is 1. The van der Waals surface area contributed by atoms with Gasteiger partial charge < -0.3 is 10.1 Å². The van der Waals surface area contributed by atoms with E-state index < -0.39 is 0 Å². The predicted molar refractivity (Wildman–Crippen MR) is 104 cm³/mol. The number of pyridine rings is 1. The third-order valence-corrected chi connectivity index (χ3v) is 5.05. The molecule has 0 radical (unpaired) electrons. The summed E-state index contributed by atoms with van der Waals surface area (Å²) < 4.78 is 6.12. The number of para-hydroxylation sites is 1. The number of amides is 1. The Morgan fingerprint density at radius 1 is 1.15 bits per heavy atom. The Balaban J connectivity index is 1.46. The number of rotatable bonds is 5. The highest BCUT2D eigenvalue weighted by Crippen LogP contribution is 2.37. The van der Waals surface area contributed by atoms with Crippen molar-refractivity contribution in [3.63, 3.8) is 0 Å². The predicted octanol–water partition coefficient (Wildman–Crippen LogP) is 2.99. The Kier molecular flexibility index (Phi) is 5.02. The van der Waals surface area contributed by atoms with Gasteiger partial charge in [-0.25, -0.2) is 15.0 Å². The summed E-state index contributed by atoms with van der Waals surface area (Å²) in [4.78, 5) is 25.4. The van der Waals surface area contributed by atoms with E-state index in [0.29, 0.717) is 23.0 Å². The first kappa shape index (κ1) is 17.5. The second kappa shape index (κ2) is 7.75. The molecule has 0 spiro atoms. The van der Waals surface area contributed by atoms with Gasteiger partial charge >= 0.3 is 0 Å². The van der Waals surface area contributed by atoms with Gasteiger partial charge in [0.15, 0.2) is 5.82 Å². The van der Waals surface area contributed by atoms with Gasteiger partial charge in [-0.15, -0.1) is 11.8 Å². The number of benzene rings is 1. The number of hydrogen-bond acceptors (Lipinski definition) is 6. The van der Waals surface area contributed by atoms with E-state index >= 15 is 0 Å². The van der Waals surface area contributed by atoms with Crippen molar-refractivity contribution in [2.45, 2.75) is 17.6 Å². The Morgan fingerprint density at radius 2 is 1.96 bits per heavy atom. The molecule has 1 atom stereocenters. The van der Waals surface area contributed by atoms with Crippen molar-refractivity contribution in [3.05, 3.63) is 66.1 Å². The van der Waals surface area contributed by atoms with E-state index in [0.717, 1.165) is 23.3 Å². The number of nitrogens with zero attached hydrogens (tertiary/aromatic N) is 3. The number of thioether (sulfide) groups is 1. The minimum absolute atomic E-state index is 0.122. The van der Waals surface area contributed by atoms with Crippen LogP contribution in [0.5, 0.6) is 5.75 Å². The molecule has 0 bridgehead atoms. The highest BCUT2D eigenvalue weighted by atomic mass is 32.2. The highest BCUT2D eigenvalue weighted by molar-refractivity contribution is 7.98. The summed E-state index contributed by atoms with van der Waals surface area (Å²) in [5, 5.41) is 3.68. The smallest absolute Gasteiger partial charge is 0.254 e. The summed E-state index contributed by atoms with van der Waals surface area (Å²) in [6, 6.07) is 11.3. The monoisotopic (exact) mass is 378 g/mol. The molecule has 1 amide bonds. The Bertz CT molecular complexity index is 965. The first-order valence-corrected chi connectivity index (χ1v) is 9.82. The lowest BCUT2D eigenvalue weighted by atomic mass is 10.1. The van der Waals surface area contributed by atoms with Crippen molar-refractivity contribution >= 4 is 17.7 Å². The van der Waals surface area contributed by atoms with Gasteiger partial charge in [0, 0.05) is 25.0 Å². The van der Waals surface area contributed by atoms with Crippen LogP contribution < -0.4 is 10.1 Å². The van der Waals surface area contributed by atoms with E-state index in [9.17, 15) is 4.79 Å². The Labute approximate surface area is 161 Å². The first-order chi connectivity index (χ1) is 13.3. The largest absolute Gasteiger partial charge is 0.487 e. The van der Waals surface area contributed by atoms with E-state index in [-0.39, 0.29) is 12.0 Å². The van der Waals surface area contributed by atoms with Crippen molar-refractivity contribution in [1.82, 2.24) is 20.3 Å². The maximum atomic E-state index is 12.5. The number of nitrogens with one attached hydrogen (secondary N) is 1. The van der Waals surface area contributed by atoms with Crippen LogP contribution in [0.2, 0.25) is 0 Å². The Morgan fingerprint density at radius 3 is 2.78 bits per heavy atom. The first-order valence-electron chi connectivity index (χ1n) is 8.59. The fraction of sp³-hybridized carbons (Fsp3) is 0.200. The molecule has 7 heteroatoms. The van der Waals surface area contributed by atoms with Gasteiger partial charge in [-0.2, -0.15) is 0 Å². The fourth-order valence-electron chi connectivity index (χ4n) is 3.09. The van der Waals surface area contributed by atoms with E-state index in [1.807, 2.05) is 24.5 Å². The number of carbonyl (C=O) groups is 1. The molecule has 3 aromatic rings. The Hall–Kier alpha value is -2.93. The number of hydrogen-bond donors (Lipinski definition) is 1. The summed E-state index contributed by atoms with van der Waals surface area (Å²) in [7, 11) is 0. The zero-order valence-electron chi connectivity index (χ0n) is 14.8. The van der Waals surface area contributed by atoms with Crippen molar-refractivity contribution < 1.29 is 9.53 Å². The molecule has 1 N–H and O–H groups in total. The van der Waals surface area contributed by atoms with Gasteiger partial charge in [-0.05, 0) is 36.1 Å². The van der Waals surface area contributed by atoms with Crippen LogP contribution in [0, 0.1) is 0 Å². The summed E-state index contributed by atoms with van der Waals surface area (Å²) in [5.74, 6) is 1.30. The summed E-state index contributed by atoms with van der Waals surface area (Å²) in [6.07, 6.45) is 7.63. The van der Waals surface area contributed by atoms with Crippen LogP contribution >= 0.6 is 11.8 Å². The van der Waals surface area contributed by atoms with Gasteiger partial charge in [0.25, 0.3) is 5.91 Å². The lowest BCUT2D eigenvalue weighted by molar-refractivity contribution is 0.0930. The topological polar surface area (TPSA) is 77.0 Å². The molecular weight excluding hydrogens is 360 g/mol. The van der Waals surface area contributed by atoms with Crippen LogP contribution in [-0.2, 0) is 6.42 Å². The standard InChI is InChI=1S/C20H18N4O2S/c1-27-20-16(7-3-8-23-20)19(25)24-12-14-11-13-5-2-6-15(17(13)26-14)18-21-9-4-10-22-18/h2-10,14H,11-12H2,1H3,(H,24,25). The van der Waals surface area contributed by atoms with Crippen LogP contribution in [-0.4, -0.2) is 39.8 Å². The molecule has 136 valence electrons. The minimum atomic E-state index is -0.140. The summed E-state index contributed by atoms with van der Waals surface area (Å²) in [6.45, 7) is 0.422. The van der Waals surface area contributed by atoms with Crippen LogP contribution in [0.3, 0.4) is 0 Å². The molecule has 3 heterocycles. The SMILES string of the molecule is CSc1ncccc1C(=O)NCC1Cc2cccc(-c3ncccn3)c2O1.